The number of carbonyl (C=O) groups excluding carboxylic acids is 2. The van der Waals surface area contributed by atoms with Crippen LogP contribution >= 0.6 is 0 Å². The molecule has 2 unspecified atom stereocenters. The zero-order valence-corrected chi connectivity index (χ0v) is 20.4. The van der Waals surface area contributed by atoms with Crippen molar-refractivity contribution in [1.29, 1.82) is 0 Å². The summed E-state index contributed by atoms with van der Waals surface area (Å²) in [6.45, 7) is 4.95. The molecule has 1 saturated carbocycles. The minimum atomic E-state index is -3.63. The number of nitrogens with zero attached hydrogens (tertiary/aromatic N) is 1. The molecule has 2 atom stereocenters. The van der Waals surface area contributed by atoms with Gasteiger partial charge in [-0.2, -0.15) is 0 Å². The number of sulfone groups is 2. The Balaban J connectivity index is 2.21. The summed E-state index contributed by atoms with van der Waals surface area (Å²) in [5.74, 6) is -2.42. The molecule has 2 aliphatic rings. The van der Waals surface area contributed by atoms with Gasteiger partial charge in [0.05, 0.1) is 33.3 Å². The van der Waals surface area contributed by atoms with Gasteiger partial charge in [0, 0.05) is 24.0 Å². The van der Waals surface area contributed by atoms with E-state index in [4.69, 9.17) is 4.84 Å². The van der Waals surface area contributed by atoms with Crippen molar-refractivity contribution in [3.63, 3.8) is 0 Å². The van der Waals surface area contributed by atoms with Crippen molar-refractivity contribution < 1.29 is 31.3 Å². The molecule has 1 fully saturated rings. The molecule has 0 aromatic heterocycles. The monoisotopic (exact) mass is 483 g/mol. The predicted molar refractivity (Wildman–Crippen MR) is 121 cm³/mol. The minimum Gasteiger partial charge on any atom is -0.399 e. The molecule has 3 rings (SSSR count). The van der Waals surface area contributed by atoms with Gasteiger partial charge in [0.15, 0.2) is 25.5 Å². The van der Waals surface area contributed by atoms with Crippen molar-refractivity contribution in [1.82, 2.24) is 0 Å². The second-order valence-electron chi connectivity index (χ2n) is 8.47. The number of fused-ring (bicyclic) bond motifs is 1. The van der Waals surface area contributed by atoms with Gasteiger partial charge in [-0.1, -0.05) is 12.1 Å². The topological polar surface area (TPSA) is 124 Å². The molecule has 0 saturated heterocycles. The third kappa shape index (κ3) is 4.26. The summed E-state index contributed by atoms with van der Waals surface area (Å²) in [6, 6.07) is 1.47. The molecule has 0 N–H and O–H groups in total. The van der Waals surface area contributed by atoms with Gasteiger partial charge in [-0.25, -0.2) is 16.8 Å². The highest BCUT2D eigenvalue weighted by Crippen LogP contribution is 2.36. The predicted octanol–water partition coefficient (Wildman–Crippen LogP) is 2.58. The fourth-order valence-electron chi connectivity index (χ4n) is 4.87. The lowest BCUT2D eigenvalue weighted by Crippen LogP contribution is -2.44. The Morgan fingerprint density at radius 2 is 1.94 bits per heavy atom. The van der Waals surface area contributed by atoms with Crippen molar-refractivity contribution in [2.75, 3.05) is 18.6 Å². The van der Waals surface area contributed by atoms with Gasteiger partial charge >= 0.3 is 0 Å². The lowest BCUT2D eigenvalue weighted by Gasteiger charge is -2.30. The van der Waals surface area contributed by atoms with E-state index in [-0.39, 0.29) is 47.0 Å². The Morgan fingerprint density at radius 3 is 2.56 bits per heavy atom. The maximum absolute atomic E-state index is 13.7. The largest absolute Gasteiger partial charge is 0.399 e. The molecule has 1 aliphatic carbocycles. The van der Waals surface area contributed by atoms with E-state index in [0.29, 0.717) is 35.2 Å². The van der Waals surface area contributed by atoms with Crippen LogP contribution in [-0.2, 0) is 29.3 Å². The Morgan fingerprint density at radius 1 is 1.25 bits per heavy atom. The molecule has 1 aromatic carbocycles. The highest BCUT2D eigenvalue weighted by molar-refractivity contribution is 7.92. The maximum Gasteiger partial charge on any atom is 0.179 e. The molecule has 1 heterocycles. The second kappa shape index (κ2) is 9.05. The lowest BCUT2D eigenvalue weighted by atomic mass is 9.80. The Labute approximate surface area is 189 Å². The number of carbonyl (C=O) groups is 2. The normalized spacial score (nSPS) is 24.2. The number of oxime groups is 1. The van der Waals surface area contributed by atoms with Gasteiger partial charge < -0.3 is 4.84 Å². The highest BCUT2D eigenvalue weighted by Gasteiger charge is 2.45. The van der Waals surface area contributed by atoms with Crippen LogP contribution in [0.25, 0.3) is 0 Å². The van der Waals surface area contributed by atoms with Crippen LogP contribution in [0.4, 0.5) is 0 Å². The molecule has 1 aliphatic heterocycles. The minimum absolute atomic E-state index is 0.0835. The van der Waals surface area contributed by atoms with Gasteiger partial charge in [0.1, 0.15) is 12.9 Å². The van der Waals surface area contributed by atoms with Crippen LogP contribution in [0.5, 0.6) is 0 Å². The number of hydrogen-bond acceptors (Lipinski definition) is 8. The van der Waals surface area contributed by atoms with E-state index < -0.39 is 36.6 Å². The third-order valence-corrected chi connectivity index (χ3v) is 10.6. The highest BCUT2D eigenvalue weighted by atomic mass is 32.2. The average Bonchev–Trinajstić information content (AvgIpc) is 2.71. The number of aryl methyl sites for hydroxylation is 1. The van der Waals surface area contributed by atoms with E-state index in [1.54, 1.807) is 20.8 Å². The Bertz CT molecular complexity index is 1200. The number of hydrogen-bond donors (Lipinski definition) is 0. The van der Waals surface area contributed by atoms with E-state index in [1.807, 2.05) is 0 Å². The van der Waals surface area contributed by atoms with Crippen LogP contribution in [0.3, 0.4) is 0 Å². The van der Waals surface area contributed by atoms with Gasteiger partial charge in [0.25, 0.3) is 0 Å². The summed E-state index contributed by atoms with van der Waals surface area (Å²) in [7, 11) is -5.85. The summed E-state index contributed by atoms with van der Waals surface area (Å²) >= 11 is 0. The number of Topliss-reactive ketones (excluding diaryl/α,β-unsaturated/α-hetero) is 2. The van der Waals surface area contributed by atoms with Gasteiger partial charge in [0.2, 0.25) is 0 Å². The fourth-order valence-corrected chi connectivity index (χ4v) is 8.75. The Hall–Kier alpha value is -2.07. The first-order valence-electron chi connectivity index (χ1n) is 10.7. The zero-order valence-electron chi connectivity index (χ0n) is 18.8. The van der Waals surface area contributed by atoms with E-state index in [0.717, 1.165) is 0 Å². The smallest absolute Gasteiger partial charge is 0.179 e. The maximum atomic E-state index is 13.7. The van der Waals surface area contributed by atoms with E-state index in [9.17, 15) is 26.4 Å². The van der Waals surface area contributed by atoms with Gasteiger partial charge in [-0.3, -0.25) is 9.59 Å². The van der Waals surface area contributed by atoms with Crippen LogP contribution < -0.4 is 0 Å². The molecule has 10 heteroatoms. The first-order chi connectivity index (χ1) is 15.0. The zero-order chi connectivity index (χ0) is 23.8. The molecule has 32 heavy (non-hydrogen) atoms. The van der Waals surface area contributed by atoms with Gasteiger partial charge in [-0.05, 0) is 50.3 Å². The SMILES string of the molecule is CCCS(=O)(=O)C1CCCC(=O)C1C(=O)c1cc(C)c2c(c1C)C(=NOC)CCS2(=O)=O. The third-order valence-electron chi connectivity index (χ3n) is 6.26. The summed E-state index contributed by atoms with van der Waals surface area (Å²) in [5, 5.41) is 2.92. The number of ketones is 2. The Kier molecular flexibility index (Phi) is 6.95. The van der Waals surface area contributed by atoms with Crippen LogP contribution in [0.15, 0.2) is 16.1 Å². The first-order valence-corrected chi connectivity index (χ1v) is 14.1. The van der Waals surface area contributed by atoms with E-state index >= 15 is 0 Å². The molecular formula is C22H29NO7S2. The average molecular weight is 484 g/mol. The standard InChI is InChI=1S/C22H29NO7S2/c1-5-10-31(26,27)18-8-6-7-17(24)20(18)21(25)15-12-13(2)22-19(14(15)3)16(23-30-4)9-11-32(22,28)29/h12,18,20H,5-11H2,1-4H3. The quantitative estimate of drug-likeness (QED) is 0.346. The molecule has 0 radical (unpaired) electrons. The molecule has 176 valence electrons. The summed E-state index contributed by atoms with van der Waals surface area (Å²) in [4.78, 5) is 31.5. The van der Waals surface area contributed by atoms with Crippen molar-refractivity contribution in [3.8, 4) is 0 Å². The molecule has 8 nitrogen and oxygen atoms in total. The summed E-state index contributed by atoms with van der Waals surface area (Å²) < 4.78 is 51.3. The molecule has 0 amide bonds. The first kappa shape index (κ1) is 24.6. The molecular weight excluding hydrogens is 454 g/mol. The van der Waals surface area contributed by atoms with Crippen LogP contribution in [-0.4, -0.2) is 58.0 Å². The van der Waals surface area contributed by atoms with Crippen molar-refractivity contribution in [2.24, 2.45) is 11.1 Å². The van der Waals surface area contributed by atoms with Crippen LogP contribution in [0.1, 0.15) is 66.1 Å². The van der Waals surface area contributed by atoms with Gasteiger partial charge in [-0.15, -0.1) is 0 Å². The number of rotatable bonds is 6. The molecule has 1 aromatic rings. The van der Waals surface area contributed by atoms with Crippen molar-refractivity contribution in [3.05, 3.63) is 28.3 Å². The lowest BCUT2D eigenvalue weighted by molar-refractivity contribution is -0.122. The summed E-state index contributed by atoms with van der Waals surface area (Å²) in [5.41, 5.74) is 1.64. The fraction of sp³-hybridized carbons (Fsp3) is 0.591. The number of benzene rings is 1. The van der Waals surface area contributed by atoms with E-state index in [2.05, 4.69) is 5.16 Å². The van der Waals surface area contributed by atoms with Crippen molar-refractivity contribution in [2.45, 2.75) is 63.0 Å². The second-order valence-corrected chi connectivity index (χ2v) is 12.9. The van der Waals surface area contributed by atoms with E-state index in [1.165, 1.54) is 13.2 Å². The molecule has 0 spiro atoms. The molecule has 0 bridgehead atoms. The van der Waals surface area contributed by atoms with Crippen LogP contribution in [0, 0.1) is 19.8 Å². The van der Waals surface area contributed by atoms with Crippen LogP contribution in [0.2, 0.25) is 0 Å². The van der Waals surface area contributed by atoms with Crippen molar-refractivity contribution >= 4 is 37.0 Å². The summed E-state index contributed by atoms with van der Waals surface area (Å²) in [6.07, 6.45) is 1.39.